The van der Waals surface area contributed by atoms with E-state index in [1.165, 1.54) is 6.08 Å². The van der Waals surface area contributed by atoms with Gasteiger partial charge in [0.2, 0.25) is 0 Å². The van der Waals surface area contributed by atoms with Crippen molar-refractivity contribution in [3.8, 4) is 0 Å². The monoisotopic (exact) mass is 388 g/mol. The predicted octanol–water partition coefficient (Wildman–Crippen LogP) is 3.26. The Kier molecular flexibility index (Phi) is 8.03. The molecule has 144 valence electrons. The number of nitrogens with one attached hydrogen (secondary N) is 2. The molecule has 2 aromatic rings. The first-order valence-electron chi connectivity index (χ1n) is 8.72. The Balaban J connectivity index is 1.89. The van der Waals surface area contributed by atoms with E-state index in [1.807, 2.05) is 37.3 Å². The summed E-state index contributed by atoms with van der Waals surface area (Å²) in [6.07, 6.45) is 2.26. The maximum absolute atomic E-state index is 12.1. The van der Waals surface area contributed by atoms with Crippen molar-refractivity contribution in [2.24, 2.45) is 0 Å². The zero-order valence-electron chi connectivity index (χ0n) is 15.2. The molecule has 0 aliphatic rings. The van der Waals surface area contributed by atoms with E-state index in [1.54, 1.807) is 24.3 Å². The molecule has 0 aromatic heterocycles. The minimum absolute atomic E-state index is 0.204. The number of rotatable bonds is 10. The van der Waals surface area contributed by atoms with Crippen LogP contribution in [0.3, 0.4) is 0 Å². The third-order valence-corrected chi connectivity index (χ3v) is 4.62. The maximum atomic E-state index is 12.1. The lowest BCUT2D eigenvalue weighted by molar-refractivity contribution is 0.0944. The Bertz CT molecular complexity index is 847. The number of hydrogen-bond acceptors (Lipinski definition) is 4. The summed E-state index contributed by atoms with van der Waals surface area (Å²) in [5.74, 6) is -0.204. The van der Waals surface area contributed by atoms with E-state index < -0.39 is 10.0 Å². The Hall–Kier alpha value is -2.64. The van der Waals surface area contributed by atoms with Crippen molar-refractivity contribution in [2.75, 3.05) is 24.5 Å². The summed E-state index contributed by atoms with van der Waals surface area (Å²) >= 11 is 0. The zero-order valence-corrected chi connectivity index (χ0v) is 16.0. The molecule has 0 unspecified atom stereocenters. The molecule has 0 aliphatic carbocycles. The van der Waals surface area contributed by atoms with Crippen molar-refractivity contribution in [3.05, 3.63) is 71.1 Å². The van der Waals surface area contributed by atoms with Gasteiger partial charge in [0.15, 0.2) is 0 Å². The second-order valence-electron chi connectivity index (χ2n) is 5.74. The number of carbonyl (C=O) groups excluding carboxylic acids is 1. The number of amides is 1. The van der Waals surface area contributed by atoms with Gasteiger partial charge in [-0.1, -0.05) is 30.3 Å². The van der Waals surface area contributed by atoms with Crippen LogP contribution in [0.4, 0.5) is 5.69 Å². The minimum Gasteiger partial charge on any atom is -0.382 e. The number of hydrogen-bond donors (Lipinski definition) is 2. The number of carbonyl (C=O) groups is 1. The van der Waals surface area contributed by atoms with Gasteiger partial charge in [-0.15, -0.1) is 0 Å². The molecule has 0 atom stereocenters. The first kappa shape index (κ1) is 20.7. The van der Waals surface area contributed by atoms with E-state index in [-0.39, 0.29) is 5.91 Å². The van der Waals surface area contributed by atoms with E-state index in [9.17, 15) is 13.2 Å². The van der Waals surface area contributed by atoms with Crippen molar-refractivity contribution in [3.63, 3.8) is 0 Å². The van der Waals surface area contributed by atoms with Crippen molar-refractivity contribution in [1.29, 1.82) is 0 Å². The van der Waals surface area contributed by atoms with Crippen LogP contribution in [0.25, 0.3) is 6.08 Å². The molecule has 6 nitrogen and oxygen atoms in total. The van der Waals surface area contributed by atoms with E-state index in [2.05, 4.69) is 10.0 Å². The normalized spacial score (nSPS) is 11.4. The zero-order chi connectivity index (χ0) is 19.5. The van der Waals surface area contributed by atoms with E-state index in [0.717, 1.165) is 17.4 Å². The smallest absolute Gasteiger partial charge is 0.255 e. The van der Waals surface area contributed by atoms with Crippen LogP contribution in [0.15, 0.2) is 60.0 Å². The second-order valence-corrected chi connectivity index (χ2v) is 7.31. The van der Waals surface area contributed by atoms with Crippen LogP contribution in [0.1, 0.15) is 29.3 Å². The van der Waals surface area contributed by atoms with Gasteiger partial charge in [-0.2, -0.15) is 0 Å². The Morgan fingerprint density at radius 3 is 2.44 bits per heavy atom. The molecule has 0 aliphatic heterocycles. The fourth-order valence-electron chi connectivity index (χ4n) is 2.24. The standard InChI is InChI=1S/C20H24N2O4S/c1-2-26-15-6-14-21-20(23)18-9-11-19(12-10-18)22-27(24,25)16-13-17-7-4-3-5-8-17/h3-5,7-13,16,22H,2,6,14-15H2,1H3,(H,21,23)/b16-13+. The number of ether oxygens (including phenoxy) is 1. The Labute approximate surface area is 160 Å². The third-order valence-electron chi connectivity index (χ3n) is 3.60. The lowest BCUT2D eigenvalue weighted by Crippen LogP contribution is -2.25. The van der Waals surface area contributed by atoms with Gasteiger partial charge in [-0.3, -0.25) is 9.52 Å². The molecule has 2 rings (SSSR count). The third kappa shape index (κ3) is 7.64. The highest BCUT2D eigenvalue weighted by molar-refractivity contribution is 7.95. The van der Waals surface area contributed by atoms with Crippen LogP contribution in [0, 0.1) is 0 Å². The molecule has 0 heterocycles. The van der Waals surface area contributed by atoms with Crippen molar-refractivity contribution >= 4 is 27.7 Å². The van der Waals surface area contributed by atoms with Crippen LogP contribution in [-0.2, 0) is 14.8 Å². The maximum Gasteiger partial charge on any atom is 0.255 e. The second kappa shape index (κ2) is 10.5. The summed E-state index contributed by atoms with van der Waals surface area (Å²) in [5.41, 5.74) is 1.65. The molecule has 7 heteroatoms. The molecule has 0 saturated carbocycles. The fraction of sp³-hybridized carbons (Fsp3) is 0.250. The van der Waals surface area contributed by atoms with Crippen LogP contribution in [0.2, 0.25) is 0 Å². The molecule has 0 fully saturated rings. The SMILES string of the molecule is CCOCCCNC(=O)c1ccc(NS(=O)(=O)/C=C/c2ccccc2)cc1. The van der Waals surface area contributed by atoms with Crippen molar-refractivity contribution < 1.29 is 17.9 Å². The summed E-state index contributed by atoms with van der Waals surface area (Å²) in [6.45, 7) is 3.71. The molecule has 1 amide bonds. The molecule has 0 spiro atoms. The Morgan fingerprint density at radius 1 is 1.07 bits per heavy atom. The highest BCUT2D eigenvalue weighted by Crippen LogP contribution is 2.13. The van der Waals surface area contributed by atoms with Gasteiger partial charge >= 0.3 is 0 Å². The van der Waals surface area contributed by atoms with Crippen molar-refractivity contribution in [2.45, 2.75) is 13.3 Å². The van der Waals surface area contributed by atoms with Crippen LogP contribution < -0.4 is 10.0 Å². The highest BCUT2D eigenvalue weighted by atomic mass is 32.2. The molecule has 2 aromatic carbocycles. The molecular formula is C20H24N2O4S. The summed E-state index contributed by atoms with van der Waals surface area (Å²) in [6, 6.07) is 15.4. The number of sulfonamides is 1. The van der Waals surface area contributed by atoms with Crippen LogP contribution in [-0.4, -0.2) is 34.1 Å². The largest absolute Gasteiger partial charge is 0.382 e. The van der Waals surface area contributed by atoms with Crippen molar-refractivity contribution in [1.82, 2.24) is 5.32 Å². The predicted molar refractivity (Wildman–Crippen MR) is 108 cm³/mol. The van der Waals surface area contributed by atoms with Gasteiger partial charge in [0.05, 0.1) is 5.41 Å². The van der Waals surface area contributed by atoms with E-state index in [0.29, 0.717) is 31.0 Å². The van der Waals surface area contributed by atoms with Gasteiger partial charge < -0.3 is 10.1 Å². The summed E-state index contributed by atoms with van der Waals surface area (Å²) in [4.78, 5) is 12.0. The Morgan fingerprint density at radius 2 is 1.78 bits per heavy atom. The van der Waals surface area contributed by atoms with E-state index >= 15 is 0 Å². The lowest BCUT2D eigenvalue weighted by atomic mass is 10.2. The average Bonchev–Trinajstić information content (AvgIpc) is 2.67. The molecule has 0 saturated heterocycles. The fourth-order valence-corrected chi connectivity index (χ4v) is 3.11. The highest BCUT2D eigenvalue weighted by Gasteiger charge is 2.08. The quantitative estimate of drug-likeness (QED) is 0.612. The van der Waals surface area contributed by atoms with Gasteiger partial charge in [-0.05, 0) is 49.2 Å². The molecule has 0 radical (unpaired) electrons. The number of benzene rings is 2. The topological polar surface area (TPSA) is 84.5 Å². The van der Waals surface area contributed by atoms with Crippen LogP contribution >= 0.6 is 0 Å². The van der Waals surface area contributed by atoms with Gasteiger partial charge in [0.1, 0.15) is 0 Å². The van der Waals surface area contributed by atoms with Gasteiger partial charge in [-0.25, -0.2) is 8.42 Å². The first-order valence-corrected chi connectivity index (χ1v) is 10.3. The van der Waals surface area contributed by atoms with Gasteiger partial charge in [0.25, 0.3) is 15.9 Å². The van der Waals surface area contributed by atoms with E-state index in [4.69, 9.17) is 4.74 Å². The summed E-state index contributed by atoms with van der Waals surface area (Å²) in [7, 11) is -3.63. The molecule has 2 N–H and O–H groups in total. The molecular weight excluding hydrogens is 364 g/mol. The first-order chi connectivity index (χ1) is 13.0. The summed E-state index contributed by atoms with van der Waals surface area (Å²) < 4.78 is 31.9. The average molecular weight is 388 g/mol. The summed E-state index contributed by atoms with van der Waals surface area (Å²) in [5, 5.41) is 3.91. The number of anilines is 1. The minimum atomic E-state index is -3.63. The van der Waals surface area contributed by atoms with Crippen LogP contribution in [0.5, 0.6) is 0 Å². The lowest BCUT2D eigenvalue weighted by Gasteiger charge is -2.07. The molecule has 27 heavy (non-hydrogen) atoms. The molecule has 0 bridgehead atoms. The van der Waals surface area contributed by atoms with Gasteiger partial charge in [0, 0.05) is 31.0 Å².